The van der Waals surface area contributed by atoms with Gasteiger partial charge in [0.05, 0.1) is 10.6 Å². The van der Waals surface area contributed by atoms with Gasteiger partial charge in [-0.3, -0.25) is 4.72 Å². The Hall–Kier alpha value is -0.790. The van der Waals surface area contributed by atoms with Crippen LogP contribution in [-0.4, -0.2) is 8.42 Å². The lowest BCUT2D eigenvalue weighted by atomic mass is 10.2. The third kappa shape index (κ3) is 3.61. The summed E-state index contributed by atoms with van der Waals surface area (Å²) in [5.74, 6) is 0. The van der Waals surface area contributed by atoms with Crippen LogP contribution in [0.5, 0.6) is 0 Å². The van der Waals surface area contributed by atoms with Gasteiger partial charge in [0.1, 0.15) is 0 Å². The second-order valence-electron chi connectivity index (χ2n) is 4.02. The first kappa shape index (κ1) is 14.6. The number of benzene rings is 2. The van der Waals surface area contributed by atoms with Crippen LogP contribution in [0.3, 0.4) is 0 Å². The van der Waals surface area contributed by atoms with Crippen molar-refractivity contribution < 1.29 is 8.42 Å². The fourth-order valence-electron chi connectivity index (χ4n) is 1.48. The molecule has 6 heteroatoms. The van der Waals surface area contributed by atoms with Crippen molar-refractivity contribution in [3.05, 3.63) is 56.6 Å². The first-order valence-electron chi connectivity index (χ1n) is 5.43. The number of sulfonamides is 1. The molecule has 100 valence electrons. The molecule has 0 amide bonds. The molecule has 0 saturated carbocycles. The molecule has 0 atom stereocenters. The van der Waals surface area contributed by atoms with Crippen LogP contribution in [0.4, 0.5) is 5.69 Å². The predicted molar refractivity (Wildman–Crippen MR) is 86.2 cm³/mol. The summed E-state index contributed by atoms with van der Waals surface area (Å²) in [6.45, 7) is 1.86. The van der Waals surface area contributed by atoms with Crippen LogP contribution in [0, 0.1) is 10.5 Å². The van der Waals surface area contributed by atoms with E-state index in [-0.39, 0.29) is 4.90 Å². The lowest BCUT2D eigenvalue weighted by molar-refractivity contribution is 0.601. The summed E-state index contributed by atoms with van der Waals surface area (Å²) in [5, 5.41) is 0.530. The Bertz CT molecular complexity index is 699. The fourth-order valence-corrected chi connectivity index (χ4v) is 3.07. The van der Waals surface area contributed by atoms with Crippen LogP contribution in [-0.2, 0) is 10.0 Å². The number of anilines is 1. The molecule has 0 aliphatic rings. The van der Waals surface area contributed by atoms with Gasteiger partial charge in [0, 0.05) is 8.59 Å². The topological polar surface area (TPSA) is 46.2 Å². The van der Waals surface area contributed by atoms with Gasteiger partial charge in [-0.15, -0.1) is 0 Å². The molecule has 0 spiro atoms. The first-order valence-corrected chi connectivity index (χ1v) is 8.37. The van der Waals surface area contributed by atoms with E-state index in [4.69, 9.17) is 11.6 Å². The average Bonchev–Trinajstić information content (AvgIpc) is 2.34. The van der Waals surface area contributed by atoms with Gasteiger partial charge in [-0.25, -0.2) is 8.42 Å². The summed E-state index contributed by atoms with van der Waals surface area (Å²) in [5.41, 5.74) is 1.35. The lowest BCUT2D eigenvalue weighted by Crippen LogP contribution is -2.12. The fraction of sp³-hybridized carbons (Fsp3) is 0.0769. The maximum absolute atomic E-state index is 12.2. The zero-order valence-corrected chi connectivity index (χ0v) is 13.8. The van der Waals surface area contributed by atoms with E-state index in [0.29, 0.717) is 10.7 Å². The summed E-state index contributed by atoms with van der Waals surface area (Å²) in [6, 6.07) is 11.7. The number of halogens is 2. The molecule has 2 aromatic rings. The van der Waals surface area contributed by atoms with Gasteiger partial charge in [-0.1, -0.05) is 17.7 Å². The molecule has 0 unspecified atom stereocenters. The van der Waals surface area contributed by atoms with Gasteiger partial charge in [0.2, 0.25) is 0 Å². The van der Waals surface area contributed by atoms with Crippen LogP contribution in [0.15, 0.2) is 47.4 Å². The minimum atomic E-state index is -3.57. The molecule has 0 radical (unpaired) electrons. The van der Waals surface area contributed by atoms with Gasteiger partial charge in [0.15, 0.2) is 0 Å². The van der Waals surface area contributed by atoms with Crippen molar-refractivity contribution in [1.29, 1.82) is 0 Å². The Morgan fingerprint density at radius 2 is 1.74 bits per heavy atom. The third-order valence-electron chi connectivity index (χ3n) is 2.55. The number of rotatable bonds is 3. The highest BCUT2D eigenvalue weighted by Crippen LogP contribution is 2.22. The summed E-state index contributed by atoms with van der Waals surface area (Å²) in [4.78, 5) is 0.226. The third-order valence-corrected chi connectivity index (χ3v) is 5.07. The molecule has 0 fully saturated rings. The SMILES string of the molecule is Cc1ccc(NS(=O)(=O)c2ccc(I)cc2)cc1Cl. The Balaban J connectivity index is 2.30. The summed E-state index contributed by atoms with van der Waals surface area (Å²) < 4.78 is 27.8. The number of nitrogens with one attached hydrogen (secondary N) is 1. The minimum absolute atomic E-state index is 0.226. The van der Waals surface area contributed by atoms with E-state index in [0.717, 1.165) is 9.13 Å². The maximum Gasteiger partial charge on any atom is 0.261 e. The van der Waals surface area contributed by atoms with Gasteiger partial charge < -0.3 is 0 Å². The number of aryl methyl sites for hydroxylation is 1. The first-order chi connectivity index (χ1) is 8.88. The van der Waals surface area contributed by atoms with E-state index in [1.807, 2.05) is 6.92 Å². The predicted octanol–water partition coefficient (Wildman–Crippen LogP) is 4.05. The molecule has 0 bridgehead atoms. The normalized spacial score (nSPS) is 11.3. The molecule has 1 N–H and O–H groups in total. The Morgan fingerprint density at radius 3 is 2.32 bits per heavy atom. The highest BCUT2D eigenvalue weighted by molar-refractivity contribution is 14.1. The van der Waals surface area contributed by atoms with Crippen molar-refractivity contribution in [1.82, 2.24) is 0 Å². The Morgan fingerprint density at radius 1 is 1.11 bits per heavy atom. The smallest absolute Gasteiger partial charge is 0.261 e. The molecule has 3 nitrogen and oxygen atoms in total. The molecule has 19 heavy (non-hydrogen) atoms. The lowest BCUT2D eigenvalue weighted by Gasteiger charge is -2.09. The van der Waals surface area contributed by atoms with Crippen molar-refractivity contribution in [2.75, 3.05) is 4.72 Å². The highest BCUT2D eigenvalue weighted by Gasteiger charge is 2.14. The standard InChI is InChI=1S/C13H11ClINO2S/c1-9-2-5-11(8-13(9)14)16-19(17,18)12-6-3-10(15)4-7-12/h2-8,16H,1H3. The van der Waals surface area contributed by atoms with E-state index >= 15 is 0 Å². The van der Waals surface area contributed by atoms with Gasteiger partial charge in [-0.05, 0) is 71.5 Å². The highest BCUT2D eigenvalue weighted by atomic mass is 127. The zero-order valence-electron chi connectivity index (χ0n) is 10.0. The molecule has 0 aliphatic carbocycles. The minimum Gasteiger partial charge on any atom is -0.280 e. The Kier molecular flexibility index (Phi) is 4.37. The van der Waals surface area contributed by atoms with Crippen LogP contribution < -0.4 is 4.72 Å². The van der Waals surface area contributed by atoms with E-state index in [9.17, 15) is 8.42 Å². The molecule has 0 heterocycles. The van der Waals surface area contributed by atoms with Gasteiger partial charge >= 0.3 is 0 Å². The van der Waals surface area contributed by atoms with Crippen LogP contribution in [0.1, 0.15) is 5.56 Å². The maximum atomic E-state index is 12.2. The Labute approximate surface area is 131 Å². The second-order valence-corrected chi connectivity index (χ2v) is 7.36. The van der Waals surface area contributed by atoms with E-state index in [2.05, 4.69) is 27.3 Å². The van der Waals surface area contributed by atoms with Crippen molar-refractivity contribution in [2.24, 2.45) is 0 Å². The number of hydrogen-bond acceptors (Lipinski definition) is 2. The van der Waals surface area contributed by atoms with Crippen LogP contribution in [0.25, 0.3) is 0 Å². The van der Waals surface area contributed by atoms with E-state index in [1.165, 1.54) is 0 Å². The molecular formula is C13H11ClINO2S. The molecule has 0 aromatic heterocycles. The van der Waals surface area contributed by atoms with Crippen LogP contribution >= 0.6 is 34.2 Å². The largest absolute Gasteiger partial charge is 0.280 e. The summed E-state index contributed by atoms with van der Waals surface area (Å²) in [6.07, 6.45) is 0. The van der Waals surface area contributed by atoms with Crippen molar-refractivity contribution in [2.45, 2.75) is 11.8 Å². The molecule has 2 rings (SSSR count). The van der Waals surface area contributed by atoms with Gasteiger partial charge in [-0.2, -0.15) is 0 Å². The summed E-state index contributed by atoms with van der Waals surface area (Å²) >= 11 is 8.10. The molecule has 2 aromatic carbocycles. The van der Waals surface area contributed by atoms with Crippen molar-refractivity contribution in [3.8, 4) is 0 Å². The number of hydrogen-bond donors (Lipinski definition) is 1. The molecular weight excluding hydrogens is 397 g/mol. The monoisotopic (exact) mass is 407 g/mol. The van der Waals surface area contributed by atoms with Crippen molar-refractivity contribution >= 4 is 49.9 Å². The average molecular weight is 408 g/mol. The van der Waals surface area contributed by atoms with E-state index < -0.39 is 10.0 Å². The summed E-state index contributed by atoms with van der Waals surface area (Å²) in [7, 11) is -3.57. The van der Waals surface area contributed by atoms with Crippen molar-refractivity contribution in [3.63, 3.8) is 0 Å². The second kappa shape index (κ2) is 5.68. The molecule has 0 saturated heterocycles. The molecule has 0 aliphatic heterocycles. The van der Waals surface area contributed by atoms with E-state index in [1.54, 1.807) is 42.5 Å². The van der Waals surface area contributed by atoms with Crippen LogP contribution in [0.2, 0.25) is 5.02 Å². The zero-order chi connectivity index (χ0) is 14.0. The quantitative estimate of drug-likeness (QED) is 0.780. The van der Waals surface area contributed by atoms with Gasteiger partial charge in [0.25, 0.3) is 10.0 Å².